The van der Waals surface area contributed by atoms with E-state index in [1.807, 2.05) is 0 Å². The third kappa shape index (κ3) is 2.46. The van der Waals surface area contributed by atoms with Gasteiger partial charge in [-0.15, -0.1) is 0 Å². The van der Waals surface area contributed by atoms with E-state index in [4.69, 9.17) is 4.74 Å². The highest BCUT2D eigenvalue weighted by Gasteiger charge is 2.39. The van der Waals surface area contributed by atoms with Gasteiger partial charge < -0.3 is 9.84 Å². The molecule has 2 heteroatoms. The maximum atomic E-state index is 9.75. The van der Waals surface area contributed by atoms with Crippen LogP contribution in [0.5, 0.6) is 0 Å². The number of hydrogen-bond donors (Lipinski definition) is 1. The molecular weight excluding hydrogens is 140 g/mol. The molecule has 1 aliphatic rings. The summed E-state index contributed by atoms with van der Waals surface area (Å²) in [7, 11) is 1.70. The number of hydrogen-bond acceptors (Lipinski definition) is 2. The van der Waals surface area contributed by atoms with Gasteiger partial charge in [-0.1, -0.05) is 6.92 Å². The molecule has 1 fully saturated rings. The van der Waals surface area contributed by atoms with Gasteiger partial charge in [-0.25, -0.2) is 0 Å². The zero-order chi connectivity index (χ0) is 8.32. The molecule has 0 aromatic heterocycles. The second-order valence-electron chi connectivity index (χ2n) is 3.83. The summed E-state index contributed by atoms with van der Waals surface area (Å²) in [5.41, 5.74) is -0.335. The molecule has 1 rings (SSSR count). The van der Waals surface area contributed by atoms with Gasteiger partial charge in [0.15, 0.2) is 0 Å². The Labute approximate surface area is 68.6 Å². The molecule has 0 heterocycles. The Balaban J connectivity index is 2.07. The van der Waals surface area contributed by atoms with Crippen molar-refractivity contribution < 1.29 is 9.84 Å². The Bertz CT molecular complexity index is 117. The predicted molar refractivity (Wildman–Crippen MR) is 44.5 cm³/mol. The standard InChI is InChI=1S/C9H18O2/c1-8-6-9(10,7-8)4-3-5-11-2/h8,10H,3-7H2,1-2H3. The predicted octanol–water partition coefficient (Wildman–Crippen LogP) is 1.57. The van der Waals surface area contributed by atoms with Gasteiger partial charge in [0.05, 0.1) is 5.60 Å². The summed E-state index contributed by atoms with van der Waals surface area (Å²) in [6.45, 7) is 2.96. The molecular formula is C9H18O2. The molecule has 0 aromatic carbocycles. The zero-order valence-electron chi connectivity index (χ0n) is 7.47. The summed E-state index contributed by atoms with van der Waals surface area (Å²) in [6.07, 6.45) is 3.86. The zero-order valence-corrected chi connectivity index (χ0v) is 7.47. The highest BCUT2D eigenvalue weighted by molar-refractivity contribution is 4.91. The third-order valence-electron chi connectivity index (χ3n) is 2.45. The Morgan fingerprint density at radius 1 is 1.55 bits per heavy atom. The van der Waals surface area contributed by atoms with Gasteiger partial charge in [-0.2, -0.15) is 0 Å². The van der Waals surface area contributed by atoms with Crippen LogP contribution in [0, 0.1) is 5.92 Å². The fraction of sp³-hybridized carbons (Fsp3) is 1.00. The van der Waals surface area contributed by atoms with Gasteiger partial charge in [0.1, 0.15) is 0 Å². The van der Waals surface area contributed by atoms with Crippen LogP contribution < -0.4 is 0 Å². The fourth-order valence-corrected chi connectivity index (χ4v) is 1.99. The Morgan fingerprint density at radius 3 is 2.64 bits per heavy atom. The van der Waals surface area contributed by atoms with E-state index in [-0.39, 0.29) is 5.60 Å². The lowest BCUT2D eigenvalue weighted by Crippen LogP contribution is -2.42. The molecule has 0 atom stereocenters. The van der Waals surface area contributed by atoms with Crippen molar-refractivity contribution in [2.24, 2.45) is 5.92 Å². The van der Waals surface area contributed by atoms with E-state index < -0.39 is 0 Å². The first-order valence-electron chi connectivity index (χ1n) is 4.38. The smallest absolute Gasteiger partial charge is 0.0653 e. The van der Waals surface area contributed by atoms with Crippen LogP contribution in [-0.2, 0) is 4.74 Å². The van der Waals surface area contributed by atoms with E-state index in [0.29, 0.717) is 0 Å². The number of rotatable bonds is 4. The summed E-state index contributed by atoms with van der Waals surface area (Å²) in [5.74, 6) is 0.725. The molecule has 66 valence electrons. The van der Waals surface area contributed by atoms with Crippen LogP contribution in [0.3, 0.4) is 0 Å². The first-order valence-corrected chi connectivity index (χ1v) is 4.38. The average Bonchev–Trinajstić information content (AvgIpc) is 1.85. The van der Waals surface area contributed by atoms with E-state index in [1.165, 1.54) is 0 Å². The summed E-state index contributed by atoms with van der Waals surface area (Å²) < 4.78 is 4.92. The molecule has 0 bridgehead atoms. The molecule has 1 aliphatic carbocycles. The van der Waals surface area contributed by atoms with E-state index in [2.05, 4.69) is 6.92 Å². The average molecular weight is 158 g/mol. The van der Waals surface area contributed by atoms with E-state index in [0.717, 1.165) is 38.2 Å². The van der Waals surface area contributed by atoms with Gasteiger partial charge >= 0.3 is 0 Å². The molecule has 0 unspecified atom stereocenters. The highest BCUT2D eigenvalue weighted by atomic mass is 16.5. The molecule has 1 N–H and O–H groups in total. The molecule has 0 aromatic rings. The van der Waals surface area contributed by atoms with Crippen molar-refractivity contribution in [3.8, 4) is 0 Å². The lowest BCUT2D eigenvalue weighted by atomic mass is 9.70. The fourth-order valence-electron chi connectivity index (χ4n) is 1.99. The van der Waals surface area contributed by atoms with Gasteiger partial charge in [0.25, 0.3) is 0 Å². The normalized spacial score (nSPS) is 36.8. The minimum atomic E-state index is -0.335. The first-order chi connectivity index (χ1) is 5.16. The van der Waals surface area contributed by atoms with E-state index >= 15 is 0 Å². The lowest BCUT2D eigenvalue weighted by Gasteiger charge is -2.42. The molecule has 11 heavy (non-hydrogen) atoms. The Kier molecular flexibility index (Phi) is 2.90. The topological polar surface area (TPSA) is 29.5 Å². The number of aliphatic hydroxyl groups is 1. The molecule has 0 radical (unpaired) electrons. The largest absolute Gasteiger partial charge is 0.390 e. The van der Waals surface area contributed by atoms with Crippen LogP contribution in [0.2, 0.25) is 0 Å². The van der Waals surface area contributed by atoms with E-state index in [9.17, 15) is 5.11 Å². The Morgan fingerprint density at radius 2 is 2.18 bits per heavy atom. The minimum absolute atomic E-state index is 0.335. The van der Waals surface area contributed by atoms with Crippen molar-refractivity contribution in [2.45, 2.75) is 38.2 Å². The summed E-state index contributed by atoms with van der Waals surface area (Å²) in [5, 5.41) is 9.75. The summed E-state index contributed by atoms with van der Waals surface area (Å²) in [4.78, 5) is 0. The second kappa shape index (κ2) is 3.55. The molecule has 0 saturated heterocycles. The van der Waals surface area contributed by atoms with Crippen molar-refractivity contribution >= 4 is 0 Å². The SMILES string of the molecule is COCCCC1(O)CC(C)C1. The third-order valence-corrected chi connectivity index (χ3v) is 2.45. The van der Waals surface area contributed by atoms with Gasteiger partial charge in [0, 0.05) is 13.7 Å². The van der Waals surface area contributed by atoms with Crippen molar-refractivity contribution in [3.05, 3.63) is 0 Å². The Hall–Kier alpha value is -0.0800. The molecule has 0 spiro atoms. The van der Waals surface area contributed by atoms with Crippen molar-refractivity contribution in [3.63, 3.8) is 0 Å². The van der Waals surface area contributed by atoms with Crippen LogP contribution in [0.1, 0.15) is 32.6 Å². The molecule has 0 aliphatic heterocycles. The maximum Gasteiger partial charge on any atom is 0.0653 e. The van der Waals surface area contributed by atoms with Crippen LogP contribution >= 0.6 is 0 Å². The monoisotopic (exact) mass is 158 g/mol. The first kappa shape index (κ1) is 9.01. The summed E-state index contributed by atoms with van der Waals surface area (Å²) in [6, 6.07) is 0. The van der Waals surface area contributed by atoms with Crippen LogP contribution in [0.15, 0.2) is 0 Å². The van der Waals surface area contributed by atoms with Crippen molar-refractivity contribution in [1.82, 2.24) is 0 Å². The van der Waals surface area contributed by atoms with Gasteiger partial charge in [-0.05, 0) is 31.6 Å². The highest BCUT2D eigenvalue weighted by Crippen LogP contribution is 2.40. The molecule has 1 saturated carbocycles. The molecule has 2 nitrogen and oxygen atoms in total. The van der Waals surface area contributed by atoms with Crippen molar-refractivity contribution in [2.75, 3.05) is 13.7 Å². The van der Waals surface area contributed by atoms with Gasteiger partial charge in [-0.3, -0.25) is 0 Å². The summed E-state index contributed by atoms with van der Waals surface area (Å²) >= 11 is 0. The lowest BCUT2D eigenvalue weighted by molar-refractivity contribution is -0.0774. The van der Waals surface area contributed by atoms with Crippen LogP contribution in [-0.4, -0.2) is 24.4 Å². The number of ether oxygens (including phenoxy) is 1. The number of methoxy groups -OCH3 is 1. The van der Waals surface area contributed by atoms with E-state index in [1.54, 1.807) is 7.11 Å². The van der Waals surface area contributed by atoms with Crippen molar-refractivity contribution in [1.29, 1.82) is 0 Å². The van der Waals surface area contributed by atoms with Crippen LogP contribution in [0.25, 0.3) is 0 Å². The minimum Gasteiger partial charge on any atom is -0.390 e. The quantitative estimate of drug-likeness (QED) is 0.629. The van der Waals surface area contributed by atoms with Gasteiger partial charge in [0.2, 0.25) is 0 Å². The second-order valence-corrected chi connectivity index (χ2v) is 3.83. The maximum absolute atomic E-state index is 9.75. The van der Waals surface area contributed by atoms with Crippen LogP contribution in [0.4, 0.5) is 0 Å². The molecule has 0 amide bonds.